The molecule has 19 heavy (non-hydrogen) atoms. The number of aromatic nitrogens is 1. The molecule has 0 saturated carbocycles. The molecule has 0 N–H and O–H groups in total. The lowest BCUT2D eigenvalue weighted by molar-refractivity contribution is 0.112. The van der Waals surface area contributed by atoms with E-state index in [9.17, 15) is 4.79 Å². The van der Waals surface area contributed by atoms with Gasteiger partial charge >= 0.3 is 0 Å². The number of benzene rings is 1. The number of halogens is 1. The monoisotopic (exact) mass is 299 g/mol. The second-order valence-corrected chi connectivity index (χ2v) is 4.72. The summed E-state index contributed by atoms with van der Waals surface area (Å²) in [6.45, 7) is 0. The number of aldehydes is 1. The van der Waals surface area contributed by atoms with E-state index in [1.165, 1.54) is 7.11 Å². The average Bonchev–Trinajstić information content (AvgIpc) is 2.78. The number of carbonyl (C=O) groups excluding carboxylic acids is 1. The van der Waals surface area contributed by atoms with Crippen molar-refractivity contribution in [1.29, 1.82) is 0 Å². The lowest BCUT2D eigenvalue weighted by Crippen LogP contribution is -1.91. The van der Waals surface area contributed by atoms with Crippen LogP contribution in [0.25, 0.3) is 0 Å². The van der Waals surface area contributed by atoms with E-state index >= 15 is 0 Å². The van der Waals surface area contributed by atoms with Crippen LogP contribution in [0.3, 0.4) is 0 Å². The van der Waals surface area contributed by atoms with Crippen LogP contribution in [-0.4, -0.2) is 25.5 Å². The fraction of sp³-hybridized carbons (Fsp3) is 0.167. The predicted octanol–water partition coefficient (Wildman–Crippen LogP) is 3.42. The van der Waals surface area contributed by atoms with E-state index in [0.29, 0.717) is 33.6 Å². The maximum absolute atomic E-state index is 10.7. The van der Waals surface area contributed by atoms with E-state index < -0.39 is 0 Å². The van der Waals surface area contributed by atoms with Gasteiger partial charge in [0.15, 0.2) is 22.9 Å². The zero-order chi connectivity index (χ0) is 13.8. The first-order valence-electron chi connectivity index (χ1n) is 5.19. The zero-order valence-corrected chi connectivity index (χ0v) is 11.7. The van der Waals surface area contributed by atoms with Crippen molar-refractivity contribution in [3.05, 3.63) is 28.2 Å². The fourth-order valence-corrected chi connectivity index (χ4v) is 2.32. The van der Waals surface area contributed by atoms with Crippen LogP contribution in [0.15, 0.2) is 18.2 Å². The van der Waals surface area contributed by atoms with Gasteiger partial charge in [-0.3, -0.25) is 4.79 Å². The number of methoxy groups -OCH3 is 2. The molecule has 0 fully saturated rings. The van der Waals surface area contributed by atoms with Crippen LogP contribution in [0.5, 0.6) is 22.4 Å². The van der Waals surface area contributed by atoms with Crippen LogP contribution in [0.4, 0.5) is 0 Å². The van der Waals surface area contributed by atoms with Crippen molar-refractivity contribution in [2.75, 3.05) is 14.2 Å². The number of carbonyl (C=O) groups is 1. The zero-order valence-electron chi connectivity index (χ0n) is 10.2. The van der Waals surface area contributed by atoms with E-state index in [0.717, 1.165) is 11.3 Å². The average molecular weight is 300 g/mol. The summed E-state index contributed by atoms with van der Waals surface area (Å²) < 4.78 is 15.8. The van der Waals surface area contributed by atoms with Gasteiger partial charge in [0.2, 0.25) is 0 Å². The van der Waals surface area contributed by atoms with E-state index in [4.69, 9.17) is 25.8 Å². The molecular weight excluding hydrogens is 290 g/mol. The summed E-state index contributed by atoms with van der Waals surface area (Å²) in [6.07, 6.45) is 0.640. The third-order valence-corrected chi connectivity index (χ3v) is 3.52. The highest BCUT2D eigenvalue weighted by molar-refractivity contribution is 7.15. The molecule has 5 nitrogen and oxygen atoms in total. The Morgan fingerprint density at radius 1 is 1.26 bits per heavy atom. The molecule has 2 rings (SSSR count). The van der Waals surface area contributed by atoms with Crippen molar-refractivity contribution in [2.45, 2.75) is 0 Å². The van der Waals surface area contributed by atoms with Crippen LogP contribution >= 0.6 is 22.9 Å². The summed E-state index contributed by atoms with van der Waals surface area (Å²) in [5, 5.41) is 0.426. The normalized spacial score (nSPS) is 10.1. The number of hydrogen-bond acceptors (Lipinski definition) is 6. The van der Waals surface area contributed by atoms with Crippen molar-refractivity contribution in [3.63, 3.8) is 0 Å². The molecule has 0 saturated heterocycles. The van der Waals surface area contributed by atoms with Crippen molar-refractivity contribution in [1.82, 2.24) is 4.98 Å². The first-order valence-corrected chi connectivity index (χ1v) is 6.38. The molecule has 0 radical (unpaired) electrons. The van der Waals surface area contributed by atoms with Crippen LogP contribution in [0.1, 0.15) is 9.67 Å². The molecule has 0 aliphatic heterocycles. The SMILES string of the molecule is COc1ccc(Oc2nc(Cl)c(C=O)s2)cc1OC. The predicted molar refractivity (Wildman–Crippen MR) is 72.1 cm³/mol. The second kappa shape index (κ2) is 5.90. The lowest BCUT2D eigenvalue weighted by atomic mass is 10.3. The Labute approximate surface area is 118 Å². The number of nitrogens with zero attached hydrogens (tertiary/aromatic N) is 1. The summed E-state index contributed by atoms with van der Waals surface area (Å²) in [5.74, 6) is 1.65. The molecule has 0 bridgehead atoms. The van der Waals surface area contributed by atoms with Gasteiger partial charge in [-0.25, -0.2) is 0 Å². The molecule has 1 heterocycles. The molecule has 0 aliphatic rings. The first kappa shape index (κ1) is 13.6. The molecule has 0 aliphatic carbocycles. The molecule has 0 atom stereocenters. The molecule has 1 aromatic carbocycles. The maximum Gasteiger partial charge on any atom is 0.280 e. The van der Waals surface area contributed by atoms with Gasteiger partial charge in [-0.05, 0) is 12.1 Å². The molecule has 0 spiro atoms. The maximum atomic E-state index is 10.7. The second-order valence-electron chi connectivity index (χ2n) is 3.37. The quantitative estimate of drug-likeness (QED) is 0.792. The van der Waals surface area contributed by atoms with Crippen LogP contribution in [0.2, 0.25) is 5.15 Å². The minimum absolute atomic E-state index is 0.135. The van der Waals surface area contributed by atoms with E-state index in [2.05, 4.69) is 4.98 Å². The van der Waals surface area contributed by atoms with Crippen molar-refractivity contribution in [2.24, 2.45) is 0 Å². The molecular formula is C12H10ClNO4S. The minimum atomic E-state index is 0.135. The van der Waals surface area contributed by atoms with Gasteiger partial charge in [-0.15, -0.1) is 0 Å². The molecule has 2 aromatic rings. The summed E-state index contributed by atoms with van der Waals surface area (Å²) in [6, 6.07) is 5.08. The van der Waals surface area contributed by atoms with Gasteiger partial charge in [-0.1, -0.05) is 22.9 Å². The highest BCUT2D eigenvalue weighted by Crippen LogP contribution is 2.35. The van der Waals surface area contributed by atoms with Crippen molar-refractivity contribution >= 4 is 29.2 Å². The third kappa shape index (κ3) is 2.97. The molecule has 1 aromatic heterocycles. The van der Waals surface area contributed by atoms with Crippen molar-refractivity contribution < 1.29 is 19.0 Å². The largest absolute Gasteiger partial charge is 0.493 e. The Kier molecular flexibility index (Phi) is 4.24. The van der Waals surface area contributed by atoms with E-state index in [-0.39, 0.29) is 5.15 Å². The molecule has 7 heteroatoms. The standard InChI is InChI=1S/C12H10ClNO4S/c1-16-8-4-3-7(5-9(8)17-2)18-12-14-11(13)10(6-15)19-12/h3-6H,1-2H3. The van der Waals surface area contributed by atoms with Gasteiger partial charge in [-0.2, -0.15) is 4.98 Å². The smallest absolute Gasteiger partial charge is 0.280 e. The van der Waals surface area contributed by atoms with Gasteiger partial charge in [0, 0.05) is 6.07 Å². The molecule has 0 unspecified atom stereocenters. The lowest BCUT2D eigenvalue weighted by Gasteiger charge is -2.08. The van der Waals surface area contributed by atoms with Gasteiger partial charge < -0.3 is 14.2 Å². The minimum Gasteiger partial charge on any atom is -0.493 e. The van der Waals surface area contributed by atoms with E-state index in [1.807, 2.05) is 0 Å². The van der Waals surface area contributed by atoms with E-state index in [1.54, 1.807) is 25.3 Å². The Morgan fingerprint density at radius 3 is 2.58 bits per heavy atom. The Morgan fingerprint density at radius 2 is 2.00 bits per heavy atom. The molecule has 0 amide bonds. The molecule has 100 valence electrons. The third-order valence-electron chi connectivity index (χ3n) is 2.26. The van der Waals surface area contributed by atoms with Gasteiger partial charge in [0.25, 0.3) is 5.19 Å². The Balaban J connectivity index is 2.25. The summed E-state index contributed by atoms with van der Waals surface area (Å²) >= 11 is 6.83. The van der Waals surface area contributed by atoms with Crippen LogP contribution in [-0.2, 0) is 0 Å². The highest BCUT2D eigenvalue weighted by atomic mass is 35.5. The number of rotatable bonds is 5. The summed E-state index contributed by atoms with van der Waals surface area (Å²) in [7, 11) is 3.09. The summed E-state index contributed by atoms with van der Waals surface area (Å²) in [4.78, 5) is 14.9. The van der Waals surface area contributed by atoms with Crippen LogP contribution < -0.4 is 14.2 Å². The Hall–Kier alpha value is -1.79. The fourth-order valence-electron chi connectivity index (χ4n) is 1.39. The first-order chi connectivity index (χ1) is 9.17. The number of ether oxygens (including phenoxy) is 3. The number of thiazole rings is 1. The topological polar surface area (TPSA) is 57.7 Å². The van der Waals surface area contributed by atoms with Gasteiger partial charge in [0.1, 0.15) is 10.6 Å². The summed E-state index contributed by atoms with van der Waals surface area (Å²) in [5.41, 5.74) is 0. The Bertz CT molecular complexity index is 599. The van der Waals surface area contributed by atoms with Crippen molar-refractivity contribution in [3.8, 4) is 22.4 Å². The number of hydrogen-bond donors (Lipinski definition) is 0. The van der Waals surface area contributed by atoms with Gasteiger partial charge in [0.05, 0.1) is 14.2 Å². The highest BCUT2D eigenvalue weighted by Gasteiger charge is 2.12. The van der Waals surface area contributed by atoms with Crippen LogP contribution in [0, 0.1) is 0 Å².